The monoisotopic (exact) mass is 483 g/mol. The Balaban J connectivity index is 1.46. The number of nitrogens with zero attached hydrogens (tertiary/aromatic N) is 2. The van der Waals surface area contributed by atoms with Gasteiger partial charge in [0.25, 0.3) is 11.8 Å². The van der Waals surface area contributed by atoms with Gasteiger partial charge in [0.1, 0.15) is 5.82 Å². The van der Waals surface area contributed by atoms with Crippen LogP contribution in [0.3, 0.4) is 0 Å². The van der Waals surface area contributed by atoms with E-state index in [1.165, 1.54) is 0 Å². The summed E-state index contributed by atoms with van der Waals surface area (Å²) in [4.78, 5) is 30.1. The van der Waals surface area contributed by atoms with Gasteiger partial charge in [-0.3, -0.25) is 9.59 Å². The van der Waals surface area contributed by atoms with Gasteiger partial charge >= 0.3 is 0 Å². The van der Waals surface area contributed by atoms with Crippen LogP contribution in [0.25, 0.3) is 11.4 Å². The predicted molar refractivity (Wildman–Crippen MR) is 141 cm³/mol. The smallest absolute Gasteiger partial charge is 0.255 e. The van der Waals surface area contributed by atoms with Crippen molar-refractivity contribution in [3.63, 3.8) is 0 Å². The van der Waals surface area contributed by atoms with Gasteiger partial charge in [-0.25, -0.2) is 4.98 Å². The molecule has 0 aliphatic rings. The molecule has 2 amide bonds. The summed E-state index contributed by atoms with van der Waals surface area (Å²) in [6, 6.07) is 21.7. The summed E-state index contributed by atoms with van der Waals surface area (Å²) in [6.07, 6.45) is 3.63. The van der Waals surface area contributed by atoms with E-state index < -0.39 is 0 Å². The normalized spacial score (nSPS) is 10.7. The standard InChI is InChI=1S/C28H29N5O3/c1-20-10-11-23(19-25(20)32-27(34)21-6-3-2-4-7-21)28(35)31-24-9-5-8-22(18-24)26-30-13-14-33(26)15-17-36-16-12-29/h2-11,13-14,18-19H,12,15-17,29H2,1H3,(H,31,35)(H,32,34). The third kappa shape index (κ3) is 6.24. The van der Waals surface area contributed by atoms with E-state index in [9.17, 15) is 9.59 Å². The Kier molecular flexibility index (Phi) is 8.23. The lowest BCUT2D eigenvalue weighted by Crippen LogP contribution is -2.15. The second kappa shape index (κ2) is 11.9. The fraction of sp³-hybridized carbons (Fsp3) is 0.179. The molecule has 0 saturated heterocycles. The molecule has 0 saturated carbocycles. The molecule has 4 aromatic rings. The molecule has 0 aliphatic carbocycles. The van der Waals surface area contributed by atoms with Crippen molar-refractivity contribution in [3.8, 4) is 11.4 Å². The molecule has 0 atom stereocenters. The minimum absolute atomic E-state index is 0.229. The molecule has 4 N–H and O–H groups in total. The third-order valence-corrected chi connectivity index (χ3v) is 5.62. The van der Waals surface area contributed by atoms with Gasteiger partial charge in [-0.15, -0.1) is 0 Å². The zero-order chi connectivity index (χ0) is 25.3. The minimum Gasteiger partial charge on any atom is -0.378 e. The van der Waals surface area contributed by atoms with E-state index >= 15 is 0 Å². The fourth-order valence-electron chi connectivity index (χ4n) is 3.72. The highest BCUT2D eigenvalue weighted by atomic mass is 16.5. The summed E-state index contributed by atoms with van der Waals surface area (Å²) < 4.78 is 7.48. The molecule has 0 unspecified atom stereocenters. The quantitative estimate of drug-likeness (QED) is 0.291. The van der Waals surface area contributed by atoms with E-state index in [0.29, 0.717) is 48.8 Å². The summed E-state index contributed by atoms with van der Waals surface area (Å²) in [5.41, 5.74) is 9.42. The van der Waals surface area contributed by atoms with E-state index in [1.54, 1.807) is 30.5 Å². The predicted octanol–water partition coefficient (Wildman–Crippen LogP) is 4.34. The van der Waals surface area contributed by atoms with Crippen LogP contribution >= 0.6 is 0 Å². The Morgan fingerprint density at radius 2 is 1.72 bits per heavy atom. The number of rotatable bonds is 10. The van der Waals surface area contributed by atoms with Crippen molar-refractivity contribution < 1.29 is 14.3 Å². The topological polar surface area (TPSA) is 111 Å². The van der Waals surface area contributed by atoms with E-state index in [0.717, 1.165) is 17.0 Å². The highest BCUT2D eigenvalue weighted by molar-refractivity contribution is 6.07. The van der Waals surface area contributed by atoms with Crippen molar-refractivity contribution in [3.05, 3.63) is 102 Å². The van der Waals surface area contributed by atoms with Gasteiger partial charge in [-0.05, 0) is 48.9 Å². The molecule has 3 aromatic carbocycles. The number of hydrogen-bond acceptors (Lipinski definition) is 5. The zero-order valence-corrected chi connectivity index (χ0v) is 20.1. The van der Waals surface area contributed by atoms with Crippen LogP contribution in [0, 0.1) is 6.92 Å². The lowest BCUT2D eigenvalue weighted by Gasteiger charge is -2.12. The first-order valence-electron chi connectivity index (χ1n) is 11.7. The van der Waals surface area contributed by atoms with E-state index in [1.807, 2.05) is 66.2 Å². The number of amides is 2. The number of benzene rings is 3. The van der Waals surface area contributed by atoms with E-state index in [2.05, 4.69) is 15.6 Å². The summed E-state index contributed by atoms with van der Waals surface area (Å²) in [7, 11) is 0. The molecule has 0 aliphatic heterocycles. The van der Waals surface area contributed by atoms with Gasteiger partial charge in [0, 0.05) is 53.5 Å². The summed E-state index contributed by atoms with van der Waals surface area (Å²) in [5, 5.41) is 5.84. The average Bonchev–Trinajstić information content (AvgIpc) is 3.37. The van der Waals surface area contributed by atoms with Gasteiger partial charge in [0.2, 0.25) is 0 Å². The number of hydrogen-bond donors (Lipinski definition) is 3. The first-order valence-corrected chi connectivity index (χ1v) is 11.7. The Hall–Kier alpha value is -4.27. The summed E-state index contributed by atoms with van der Waals surface area (Å²) >= 11 is 0. The largest absolute Gasteiger partial charge is 0.378 e. The minimum atomic E-state index is -0.277. The SMILES string of the molecule is Cc1ccc(C(=O)Nc2cccc(-c3nccn3CCOCCN)c2)cc1NC(=O)c1ccccc1. The van der Waals surface area contributed by atoms with Crippen LogP contribution in [0.15, 0.2) is 85.2 Å². The molecule has 1 aromatic heterocycles. The van der Waals surface area contributed by atoms with Crippen LogP contribution in [0.1, 0.15) is 26.3 Å². The van der Waals surface area contributed by atoms with Crippen molar-refractivity contribution in [2.24, 2.45) is 5.73 Å². The van der Waals surface area contributed by atoms with Crippen molar-refractivity contribution in [1.29, 1.82) is 0 Å². The Bertz CT molecular complexity index is 1330. The maximum absolute atomic E-state index is 13.0. The summed E-state index contributed by atoms with van der Waals surface area (Å²) in [6.45, 7) is 4.07. The number of nitrogens with two attached hydrogens (primary N) is 1. The van der Waals surface area contributed by atoms with Gasteiger partial charge in [0.15, 0.2) is 0 Å². The first-order chi connectivity index (χ1) is 17.5. The number of aromatic nitrogens is 2. The fourth-order valence-corrected chi connectivity index (χ4v) is 3.72. The number of carbonyl (C=O) groups excluding carboxylic acids is 2. The molecule has 0 radical (unpaired) electrons. The van der Waals surface area contributed by atoms with Crippen molar-refractivity contribution in [1.82, 2.24) is 9.55 Å². The zero-order valence-electron chi connectivity index (χ0n) is 20.1. The molecule has 0 bridgehead atoms. The number of ether oxygens (including phenoxy) is 1. The van der Waals surface area contributed by atoms with Crippen LogP contribution in [-0.2, 0) is 11.3 Å². The number of aryl methyl sites for hydroxylation is 1. The Morgan fingerprint density at radius 3 is 2.53 bits per heavy atom. The third-order valence-electron chi connectivity index (χ3n) is 5.62. The number of imidazole rings is 1. The Labute approximate surface area is 210 Å². The van der Waals surface area contributed by atoms with Crippen molar-refractivity contribution in [2.75, 3.05) is 30.4 Å². The van der Waals surface area contributed by atoms with Crippen LogP contribution in [0.2, 0.25) is 0 Å². The molecule has 0 spiro atoms. The lowest BCUT2D eigenvalue weighted by atomic mass is 10.1. The lowest BCUT2D eigenvalue weighted by molar-refractivity contribution is 0.101. The molecule has 8 nitrogen and oxygen atoms in total. The van der Waals surface area contributed by atoms with Gasteiger partial charge < -0.3 is 25.7 Å². The molecule has 4 rings (SSSR count). The molecular weight excluding hydrogens is 454 g/mol. The van der Waals surface area contributed by atoms with Gasteiger partial charge in [0.05, 0.1) is 13.2 Å². The molecule has 184 valence electrons. The summed E-state index contributed by atoms with van der Waals surface area (Å²) in [5.74, 6) is 0.275. The molecular formula is C28H29N5O3. The molecule has 1 heterocycles. The van der Waals surface area contributed by atoms with E-state index in [-0.39, 0.29) is 11.8 Å². The van der Waals surface area contributed by atoms with Gasteiger partial charge in [-0.1, -0.05) is 36.4 Å². The van der Waals surface area contributed by atoms with Gasteiger partial charge in [-0.2, -0.15) is 0 Å². The second-order valence-electron chi connectivity index (χ2n) is 8.23. The molecule has 8 heteroatoms. The first kappa shape index (κ1) is 24.8. The number of nitrogens with one attached hydrogen (secondary N) is 2. The maximum Gasteiger partial charge on any atom is 0.255 e. The van der Waals surface area contributed by atoms with Crippen molar-refractivity contribution in [2.45, 2.75) is 13.5 Å². The highest BCUT2D eigenvalue weighted by Crippen LogP contribution is 2.23. The average molecular weight is 484 g/mol. The van der Waals surface area contributed by atoms with E-state index in [4.69, 9.17) is 10.5 Å². The second-order valence-corrected chi connectivity index (χ2v) is 8.23. The molecule has 36 heavy (non-hydrogen) atoms. The number of anilines is 2. The van der Waals surface area contributed by atoms with Crippen LogP contribution in [-0.4, -0.2) is 41.1 Å². The van der Waals surface area contributed by atoms with Crippen LogP contribution in [0.5, 0.6) is 0 Å². The van der Waals surface area contributed by atoms with Crippen LogP contribution < -0.4 is 16.4 Å². The number of carbonyl (C=O) groups is 2. The molecule has 0 fully saturated rings. The Morgan fingerprint density at radius 1 is 0.917 bits per heavy atom. The van der Waals surface area contributed by atoms with Crippen LogP contribution in [0.4, 0.5) is 11.4 Å². The van der Waals surface area contributed by atoms with Crippen molar-refractivity contribution >= 4 is 23.2 Å². The maximum atomic E-state index is 13.0. The highest BCUT2D eigenvalue weighted by Gasteiger charge is 2.13.